The number of benzene rings is 4. The molecule has 0 bridgehead atoms. The van der Waals surface area contributed by atoms with E-state index < -0.39 is 28.5 Å². The van der Waals surface area contributed by atoms with Crippen LogP contribution >= 0.6 is 0 Å². The Kier molecular flexibility index (Phi) is 10.5. The maximum Gasteiger partial charge on any atom is 0.387 e. The summed E-state index contributed by atoms with van der Waals surface area (Å²) in [5.74, 6) is -0.399. The van der Waals surface area contributed by atoms with E-state index in [1.54, 1.807) is 17.0 Å². The molecular weight excluding hydrogens is 769 g/mol. The first-order chi connectivity index (χ1) is 27.8. The third-order valence-corrected chi connectivity index (χ3v) is 13.1. The molecule has 2 fully saturated rings. The number of ether oxygens (including phenoxy) is 1. The van der Waals surface area contributed by atoms with Gasteiger partial charge in [0.1, 0.15) is 38.7 Å². The summed E-state index contributed by atoms with van der Waals surface area (Å²) in [4.78, 5) is 25.3. The van der Waals surface area contributed by atoms with Gasteiger partial charge >= 0.3 is 12.6 Å². The molecule has 300 valence electrons. The topological polar surface area (TPSA) is 163 Å². The lowest BCUT2D eigenvalue weighted by Gasteiger charge is -2.31. The van der Waals surface area contributed by atoms with Crippen LogP contribution in [0.2, 0.25) is 0 Å². The van der Waals surface area contributed by atoms with E-state index in [2.05, 4.69) is 11.0 Å². The van der Waals surface area contributed by atoms with E-state index >= 15 is 0 Å². The van der Waals surface area contributed by atoms with Gasteiger partial charge in [-0.1, -0.05) is 24.3 Å². The van der Waals surface area contributed by atoms with Crippen molar-refractivity contribution in [1.82, 2.24) is 19.8 Å². The zero-order valence-corrected chi connectivity index (χ0v) is 33.0. The second-order valence-corrected chi connectivity index (χ2v) is 17.5. The molecule has 2 aliphatic heterocycles. The van der Waals surface area contributed by atoms with Crippen LogP contribution in [0.4, 0.5) is 8.78 Å². The van der Waals surface area contributed by atoms with Crippen molar-refractivity contribution < 1.29 is 40.7 Å². The third kappa shape index (κ3) is 7.67. The zero-order valence-electron chi connectivity index (χ0n) is 32.2. The summed E-state index contributed by atoms with van der Waals surface area (Å²) in [6, 6.07) is 19.8. The lowest BCUT2D eigenvalue weighted by atomic mass is 9.91. The van der Waals surface area contributed by atoms with Gasteiger partial charge < -0.3 is 18.7 Å². The number of likely N-dealkylation sites (tertiary alicyclic amines) is 2. The third-order valence-electron chi connectivity index (χ3n) is 11.4. The van der Waals surface area contributed by atoms with E-state index in [1.807, 2.05) is 56.3 Å². The van der Waals surface area contributed by atoms with Gasteiger partial charge in [-0.15, -0.1) is 0 Å². The summed E-state index contributed by atoms with van der Waals surface area (Å²) in [6.45, 7) is 3.32. The van der Waals surface area contributed by atoms with Crippen molar-refractivity contribution in [2.24, 2.45) is 0 Å². The molecule has 0 aliphatic carbocycles. The Morgan fingerprint density at radius 1 is 0.914 bits per heavy atom. The molecule has 0 unspecified atom stereocenters. The van der Waals surface area contributed by atoms with Crippen molar-refractivity contribution >= 4 is 38.0 Å². The number of rotatable bonds is 11. The molecular formula is C43H41F2N5O7S. The number of carboxylic acids is 1. The summed E-state index contributed by atoms with van der Waals surface area (Å²) in [7, 11) is -3.08. The molecule has 15 heteroatoms. The van der Waals surface area contributed by atoms with Gasteiger partial charge in [0.15, 0.2) is 11.2 Å². The monoisotopic (exact) mass is 809 g/mol. The molecule has 12 nitrogen and oxygen atoms in total. The van der Waals surface area contributed by atoms with Crippen LogP contribution in [0.1, 0.15) is 53.5 Å². The summed E-state index contributed by atoms with van der Waals surface area (Å²) in [5.41, 5.74) is 8.26. The molecule has 1 atom stereocenters. The summed E-state index contributed by atoms with van der Waals surface area (Å²) in [6.07, 6.45) is 3.60. The summed E-state index contributed by atoms with van der Waals surface area (Å²) < 4.78 is 68.4. The lowest BCUT2D eigenvalue weighted by molar-refractivity contribution is -0.142. The Morgan fingerprint density at radius 3 is 2.17 bits per heavy atom. The first-order valence-corrected chi connectivity index (χ1v) is 21.0. The van der Waals surface area contributed by atoms with E-state index in [4.69, 9.17) is 23.5 Å². The van der Waals surface area contributed by atoms with Gasteiger partial charge in [-0.3, -0.25) is 14.6 Å². The van der Waals surface area contributed by atoms with Gasteiger partial charge in [0.05, 0.1) is 10.8 Å². The molecule has 4 heterocycles. The minimum absolute atomic E-state index is 0.0944. The number of hydrogen-bond acceptors (Lipinski definition) is 11. The number of carboxylic acid groups (broad SMARTS) is 1. The molecule has 8 rings (SSSR count). The Morgan fingerprint density at radius 2 is 1.55 bits per heavy atom. The number of piperidine rings is 1. The van der Waals surface area contributed by atoms with Gasteiger partial charge in [-0.2, -0.15) is 14.0 Å². The number of oxazole rings is 2. The molecule has 6 aromatic rings. The second kappa shape index (κ2) is 15.6. The van der Waals surface area contributed by atoms with Crippen LogP contribution in [0.3, 0.4) is 0 Å². The Balaban J connectivity index is 1.09. The molecule has 2 saturated heterocycles. The number of alkyl halides is 2. The minimum Gasteiger partial charge on any atom is -0.480 e. The molecule has 0 saturated carbocycles. The molecule has 2 aliphatic rings. The van der Waals surface area contributed by atoms with E-state index in [0.29, 0.717) is 91.1 Å². The number of fused-ring (bicyclic) bond motifs is 2. The number of carbonyl (C=O) groups is 1. The maximum absolute atomic E-state index is 13.5. The Bertz CT molecular complexity index is 2720. The van der Waals surface area contributed by atoms with Gasteiger partial charge in [0.25, 0.3) is 0 Å². The number of aromatic nitrogens is 2. The number of sulfone groups is 1. The molecule has 1 N–H and O–H groups in total. The lowest BCUT2D eigenvalue weighted by Crippen LogP contribution is -2.38. The number of nitrogens with zero attached hydrogens (tertiary/aromatic N) is 5. The first-order valence-electron chi connectivity index (χ1n) is 19.1. The van der Waals surface area contributed by atoms with Crippen LogP contribution in [-0.4, -0.2) is 83.1 Å². The quantitative estimate of drug-likeness (QED) is 0.134. The van der Waals surface area contributed by atoms with Gasteiger partial charge in [-0.25, -0.2) is 18.4 Å². The number of halogens is 2. The number of hydrogen-bond donors (Lipinski definition) is 1. The van der Waals surface area contributed by atoms with Crippen LogP contribution in [0.5, 0.6) is 5.75 Å². The minimum atomic E-state index is -3.09. The highest BCUT2D eigenvalue weighted by Gasteiger charge is 2.32. The SMILES string of the molecule is Cc1c(-c2nc3cc(CN4CCC[C@H]4C(=O)O)c(OC(F)F)cc3o2)cccc1-c1cccc(-c2nc3cc(CN4CCC(S(C)(=O)=O)CC4)cc(C#N)c3o2)c1C. The van der Waals surface area contributed by atoms with Gasteiger partial charge in [0, 0.05) is 42.1 Å². The van der Waals surface area contributed by atoms with E-state index in [9.17, 15) is 32.4 Å². The van der Waals surface area contributed by atoms with E-state index in [-0.39, 0.29) is 29.0 Å². The average Bonchev–Trinajstić information content (AvgIpc) is 3.93. The normalized spacial score (nSPS) is 17.1. The maximum atomic E-state index is 13.5. The van der Waals surface area contributed by atoms with Crippen LogP contribution in [0, 0.1) is 25.2 Å². The van der Waals surface area contributed by atoms with Crippen molar-refractivity contribution in [3.05, 3.63) is 88.5 Å². The van der Waals surface area contributed by atoms with Crippen molar-refractivity contribution in [1.29, 1.82) is 5.26 Å². The predicted molar refractivity (Wildman–Crippen MR) is 213 cm³/mol. The standard InChI is InChI=1S/C43H41F2N5O7S/c1-24-30(7-4-9-32(24)40-47-34-19-28(23-50-14-6-11-36(50)42(51)52)37(56-43(44)45)20-38(34)55-40)31-8-5-10-33(25(31)2)41-48-35-18-26(17-27(21-46)39(35)57-41)22-49-15-12-29(13-16-49)58(3,53)54/h4-5,7-10,17-20,29,36,43H,6,11-16,22-23H2,1-3H3,(H,51,52)/t36-/m0/s1. The van der Waals surface area contributed by atoms with Crippen molar-refractivity contribution in [2.45, 2.75) is 70.5 Å². The fraction of sp³-hybridized carbons (Fsp3) is 0.349. The Labute approximate surface area is 333 Å². The van der Waals surface area contributed by atoms with Gasteiger partial charge in [-0.05, 0) is 117 Å². The summed E-state index contributed by atoms with van der Waals surface area (Å²) >= 11 is 0. The highest BCUT2D eigenvalue weighted by atomic mass is 32.2. The van der Waals surface area contributed by atoms with E-state index in [1.165, 1.54) is 12.3 Å². The molecule has 2 aromatic heterocycles. The fourth-order valence-electron chi connectivity index (χ4n) is 8.41. The van der Waals surface area contributed by atoms with Crippen LogP contribution < -0.4 is 4.74 Å². The summed E-state index contributed by atoms with van der Waals surface area (Å²) in [5, 5.41) is 19.4. The van der Waals surface area contributed by atoms with Crippen LogP contribution in [-0.2, 0) is 27.7 Å². The zero-order chi connectivity index (χ0) is 40.9. The smallest absolute Gasteiger partial charge is 0.387 e. The second-order valence-electron chi connectivity index (χ2n) is 15.2. The molecule has 0 radical (unpaired) electrons. The highest BCUT2D eigenvalue weighted by molar-refractivity contribution is 7.91. The average molecular weight is 810 g/mol. The van der Waals surface area contributed by atoms with Crippen molar-refractivity contribution in [3.63, 3.8) is 0 Å². The Hall–Kier alpha value is -5.69. The molecule has 58 heavy (non-hydrogen) atoms. The van der Waals surface area contributed by atoms with Crippen molar-refractivity contribution in [2.75, 3.05) is 25.9 Å². The first kappa shape index (κ1) is 39.2. The van der Waals surface area contributed by atoms with Gasteiger partial charge in [0.2, 0.25) is 11.8 Å². The molecule has 0 spiro atoms. The largest absolute Gasteiger partial charge is 0.480 e. The number of nitriles is 1. The van der Waals surface area contributed by atoms with E-state index in [0.717, 1.165) is 33.4 Å². The fourth-order valence-corrected chi connectivity index (χ4v) is 9.48. The molecule has 4 aromatic carbocycles. The number of aliphatic carboxylic acids is 1. The highest BCUT2D eigenvalue weighted by Crippen LogP contribution is 2.39. The predicted octanol–water partition coefficient (Wildman–Crippen LogP) is 8.12. The van der Waals surface area contributed by atoms with Crippen LogP contribution in [0.15, 0.2) is 69.5 Å². The van der Waals surface area contributed by atoms with Crippen molar-refractivity contribution in [3.8, 4) is 45.9 Å². The van der Waals surface area contributed by atoms with Crippen LogP contribution in [0.25, 0.3) is 56.2 Å². The molecule has 0 amide bonds.